The number of aryl methyl sites for hydroxylation is 1. The maximum absolute atomic E-state index is 4.31. The lowest BCUT2D eigenvalue weighted by atomic mass is 9.99. The first kappa shape index (κ1) is 10.2. The molecule has 1 heteroatoms. The van der Waals surface area contributed by atoms with Crippen molar-refractivity contribution in [2.45, 2.75) is 39.5 Å². The van der Waals surface area contributed by atoms with Crippen LogP contribution in [0.25, 0.3) is 0 Å². The van der Waals surface area contributed by atoms with E-state index in [4.69, 9.17) is 0 Å². The van der Waals surface area contributed by atoms with Gasteiger partial charge in [0, 0.05) is 11.9 Å². The first-order chi connectivity index (χ1) is 6.33. The van der Waals surface area contributed by atoms with Crippen LogP contribution in [0, 0.1) is 5.92 Å². The summed E-state index contributed by atoms with van der Waals surface area (Å²) in [4.78, 5) is 4.31. The smallest absolute Gasteiger partial charge is 0.0403 e. The van der Waals surface area contributed by atoms with Crippen LogP contribution in [0.2, 0.25) is 0 Å². The molecule has 0 radical (unpaired) electrons. The predicted octanol–water partition coefficient (Wildman–Crippen LogP) is 3.45. The summed E-state index contributed by atoms with van der Waals surface area (Å²) in [5.41, 5.74) is 1.23. The Morgan fingerprint density at radius 2 is 2.15 bits per heavy atom. The second-order valence-electron chi connectivity index (χ2n) is 3.75. The van der Waals surface area contributed by atoms with Crippen molar-refractivity contribution < 1.29 is 0 Å². The number of hydrogen-bond donors (Lipinski definition) is 0. The van der Waals surface area contributed by atoms with Crippen LogP contribution in [0.5, 0.6) is 0 Å². The van der Waals surface area contributed by atoms with Crippen LogP contribution in [0.1, 0.15) is 38.8 Å². The maximum atomic E-state index is 4.31. The first-order valence-electron chi connectivity index (χ1n) is 5.22. The third-order valence-electron chi connectivity index (χ3n) is 2.40. The minimum absolute atomic E-state index is 0.840. The number of hydrogen-bond acceptors (Lipinski definition) is 1. The van der Waals surface area contributed by atoms with Gasteiger partial charge in [0.2, 0.25) is 0 Å². The average Bonchev–Trinajstić information content (AvgIpc) is 2.17. The number of pyridine rings is 1. The van der Waals surface area contributed by atoms with Crippen LogP contribution in [-0.4, -0.2) is 4.98 Å². The van der Waals surface area contributed by atoms with E-state index in [1.165, 1.54) is 25.0 Å². The molecule has 0 aromatic carbocycles. The highest BCUT2D eigenvalue weighted by Crippen LogP contribution is 2.12. The summed E-state index contributed by atoms with van der Waals surface area (Å²) in [6, 6.07) is 6.14. The van der Waals surface area contributed by atoms with E-state index < -0.39 is 0 Å². The zero-order chi connectivity index (χ0) is 9.52. The molecule has 0 N–H and O–H groups in total. The topological polar surface area (TPSA) is 12.9 Å². The zero-order valence-corrected chi connectivity index (χ0v) is 8.66. The molecule has 1 heterocycles. The van der Waals surface area contributed by atoms with Gasteiger partial charge in [0.15, 0.2) is 0 Å². The summed E-state index contributed by atoms with van der Waals surface area (Å²) in [5, 5.41) is 0. The van der Waals surface area contributed by atoms with E-state index in [0.717, 1.165) is 12.3 Å². The molecule has 1 aromatic heterocycles. The summed E-state index contributed by atoms with van der Waals surface area (Å²) in [7, 11) is 0. The van der Waals surface area contributed by atoms with Gasteiger partial charge in [-0.3, -0.25) is 4.98 Å². The van der Waals surface area contributed by atoms with Gasteiger partial charge < -0.3 is 0 Å². The molecule has 0 spiro atoms. The largest absolute Gasteiger partial charge is 0.261 e. The van der Waals surface area contributed by atoms with Crippen LogP contribution in [-0.2, 0) is 6.42 Å². The fourth-order valence-electron chi connectivity index (χ4n) is 1.58. The molecule has 0 aliphatic rings. The van der Waals surface area contributed by atoms with E-state index in [1.807, 2.05) is 12.3 Å². The molecule has 1 aromatic rings. The van der Waals surface area contributed by atoms with Crippen molar-refractivity contribution in [2.24, 2.45) is 5.92 Å². The summed E-state index contributed by atoms with van der Waals surface area (Å²) < 4.78 is 0. The Bertz CT molecular complexity index is 218. The molecule has 13 heavy (non-hydrogen) atoms. The van der Waals surface area contributed by atoms with Crippen molar-refractivity contribution in [3.63, 3.8) is 0 Å². The van der Waals surface area contributed by atoms with Gasteiger partial charge in [-0.2, -0.15) is 0 Å². The van der Waals surface area contributed by atoms with Crippen molar-refractivity contribution in [1.82, 2.24) is 4.98 Å². The third kappa shape index (κ3) is 4.07. The Kier molecular flexibility index (Phi) is 4.52. The normalized spacial score (nSPS) is 12.8. The lowest BCUT2D eigenvalue weighted by molar-refractivity contribution is 0.484. The quantitative estimate of drug-likeness (QED) is 0.671. The Morgan fingerprint density at radius 3 is 2.77 bits per heavy atom. The molecule has 0 bridgehead atoms. The molecule has 0 amide bonds. The fourth-order valence-corrected chi connectivity index (χ4v) is 1.58. The van der Waals surface area contributed by atoms with Crippen LogP contribution in [0.4, 0.5) is 0 Å². The first-order valence-corrected chi connectivity index (χ1v) is 5.22. The third-order valence-corrected chi connectivity index (χ3v) is 2.40. The molecule has 1 nitrogen and oxygen atoms in total. The van der Waals surface area contributed by atoms with E-state index in [9.17, 15) is 0 Å². The van der Waals surface area contributed by atoms with E-state index in [2.05, 4.69) is 31.0 Å². The van der Waals surface area contributed by atoms with Crippen molar-refractivity contribution in [3.05, 3.63) is 30.1 Å². The molecular formula is C12H19N. The standard InChI is InChI=1S/C12H19N/c1-3-6-11(2)8-9-12-7-4-5-10-13-12/h4-5,7,10-11H,3,6,8-9H2,1-2H3. The molecule has 1 unspecified atom stereocenters. The molecule has 72 valence electrons. The monoisotopic (exact) mass is 177 g/mol. The molecule has 0 saturated heterocycles. The van der Waals surface area contributed by atoms with Gasteiger partial charge in [0.1, 0.15) is 0 Å². The molecule has 1 atom stereocenters. The molecule has 0 fully saturated rings. The van der Waals surface area contributed by atoms with Gasteiger partial charge in [-0.1, -0.05) is 32.8 Å². The minimum Gasteiger partial charge on any atom is -0.261 e. The van der Waals surface area contributed by atoms with Gasteiger partial charge >= 0.3 is 0 Å². The van der Waals surface area contributed by atoms with E-state index in [0.29, 0.717) is 0 Å². The summed E-state index contributed by atoms with van der Waals surface area (Å²) in [6.45, 7) is 4.57. The van der Waals surface area contributed by atoms with Crippen LogP contribution < -0.4 is 0 Å². The number of rotatable bonds is 5. The Balaban J connectivity index is 2.27. The van der Waals surface area contributed by atoms with Crippen molar-refractivity contribution >= 4 is 0 Å². The number of aromatic nitrogens is 1. The van der Waals surface area contributed by atoms with E-state index in [1.54, 1.807) is 0 Å². The van der Waals surface area contributed by atoms with Gasteiger partial charge in [0.05, 0.1) is 0 Å². The molecule has 0 aliphatic heterocycles. The van der Waals surface area contributed by atoms with Crippen LogP contribution in [0.15, 0.2) is 24.4 Å². The van der Waals surface area contributed by atoms with Gasteiger partial charge in [-0.05, 0) is 30.9 Å². The second kappa shape index (κ2) is 5.74. The van der Waals surface area contributed by atoms with E-state index in [-0.39, 0.29) is 0 Å². The van der Waals surface area contributed by atoms with Crippen molar-refractivity contribution in [3.8, 4) is 0 Å². The maximum Gasteiger partial charge on any atom is 0.0403 e. The summed E-state index contributed by atoms with van der Waals surface area (Å²) in [6.07, 6.45) is 6.91. The fraction of sp³-hybridized carbons (Fsp3) is 0.583. The highest BCUT2D eigenvalue weighted by molar-refractivity contribution is 5.03. The lowest BCUT2D eigenvalue weighted by Gasteiger charge is -2.08. The highest BCUT2D eigenvalue weighted by Gasteiger charge is 2.01. The van der Waals surface area contributed by atoms with Crippen LogP contribution >= 0.6 is 0 Å². The lowest BCUT2D eigenvalue weighted by Crippen LogP contribution is -1.97. The van der Waals surface area contributed by atoms with Crippen molar-refractivity contribution in [2.75, 3.05) is 0 Å². The molecule has 0 saturated carbocycles. The predicted molar refractivity (Wildman–Crippen MR) is 56.6 cm³/mol. The van der Waals surface area contributed by atoms with Crippen molar-refractivity contribution in [1.29, 1.82) is 0 Å². The molecule has 0 aliphatic carbocycles. The summed E-state index contributed by atoms with van der Waals surface area (Å²) in [5.74, 6) is 0.840. The average molecular weight is 177 g/mol. The Morgan fingerprint density at radius 1 is 1.31 bits per heavy atom. The summed E-state index contributed by atoms with van der Waals surface area (Å²) >= 11 is 0. The van der Waals surface area contributed by atoms with Gasteiger partial charge in [-0.25, -0.2) is 0 Å². The number of nitrogens with zero attached hydrogens (tertiary/aromatic N) is 1. The molecule has 1 rings (SSSR count). The van der Waals surface area contributed by atoms with Gasteiger partial charge in [-0.15, -0.1) is 0 Å². The zero-order valence-electron chi connectivity index (χ0n) is 8.66. The molecular weight excluding hydrogens is 158 g/mol. The minimum atomic E-state index is 0.840. The second-order valence-corrected chi connectivity index (χ2v) is 3.75. The van der Waals surface area contributed by atoms with E-state index >= 15 is 0 Å². The van der Waals surface area contributed by atoms with Crippen LogP contribution in [0.3, 0.4) is 0 Å². The highest BCUT2D eigenvalue weighted by atomic mass is 14.7. The SMILES string of the molecule is CCCC(C)CCc1ccccn1. The Hall–Kier alpha value is -0.850. The Labute approximate surface area is 81.2 Å². The van der Waals surface area contributed by atoms with Gasteiger partial charge in [0.25, 0.3) is 0 Å².